The molecule has 0 radical (unpaired) electrons. The molecule has 1 aromatic carbocycles. The van der Waals surface area contributed by atoms with Crippen LogP contribution in [0.3, 0.4) is 0 Å². The SMILES string of the molecule is CC(C)OC(=O)c1cncn1C1CCCc2cc(O[S+](=O)(O)C(F)(F)F)ccc21. The van der Waals surface area contributed by atoms with Gasteiger partial charge in [0.05, 0.1) is 24.7 Å². The van der Waals surface area contributed by atoms with E-state index in [1.807, 2.05) is 0 Å². The Morgan fingerprint density at radius 1 is 1.38 bits per heavy atom. The Labute approximate surface area is 166 Å². The molecule has 2 aromatic rings. The number of esters is 1. The number of rotatable bonds is 5. The molecule has 0 aliphatic heterocycles. The minimum atomic E-state index is -5.49. The van der Waals surface area contributed by atoms with Crippen molar-refractivity contribution in [3.05, 3.63) is 47.5 Å². The first kappa shape index (κ1) is 21.3. The summed E-state index contributed by atoms with van der Waals surface area (Å²) in [6, 6.07) is 3.80. The highest BCUT2D eigenvalue weighted by molar-refractivity contribution is 7.94. The van der Waals surface area contributed by atoms with Gasteiger partial charge >= 0.3 is 22.0 Å². The van der Waals surface area contributed by atoms with Gasteiger partial charge in [-0.25, -0.2) is 14.0 Å². The number of imidazole rings is 1. The fourth-order valence-corrected chi connectivity index (χ4v) is 3.73. The molecule has 0 fully saturated rings. The fourth-order valence-electron chi connectivity index (χ4n) is 3.27. The van der Waals surface area contributed by atoms with Crippen molar-refractivity contribution in [2.75, 3.05) is 0 Å². The second kappa shape index (κ2) is 7.79. The second-order valence-corrected chi connectivity index (χ2v) is 8.49. The average Bonchev–Trinajstić information content (AvgIpc) is 3.08. The molecular weight excluding hydrogens is 413 g/mol. The average molecular weight is 433 g/mol. The van der Waals surface area contributed by atoms with Crippen molar-refractivity contribution in [1.82, 2.24) is 9.55 Å². The van der Waals surface area contributed by atoms with Crippen LogP contribution in [0.5, 0.6) is 5.75 Å². The number of aromatic nitrogens is 2. The molecule has 7 nitrogen and oxygen atoms in total. The molecule has 1 heterocycles. The molecular formula is C18H20F3N2O5S+. The van der Waals surface area contributed by atoms with Crippen molar-refractivity contribution in [3.63, 3.8) is 0 Å². The van der Waals surface area contributed by atoms with Gasteiger partial charge in [-0.2, -0.15) is 0 Å². The molecule has 0 amide bonds. The van der Waals surface area contributed by atoms with Crippen LogP contribution in [0.1, 0.15) is 54.3 Å². The van der Waals surface area contributed by atoms with E-state index in [9.17, 15) is 22.2 Å². The summed E-state index contributed by atoms with van der Waals surface area (Å²) < 4.78 is 69.5. The maximum atomic E-state index is 12.6. The molecule has 1 aliphatic rings. The van der Waals surface area contributed by atoms with E-state index in [2.05, 4.69) is 9.17 Å². The van der Waals surface area contributed by atoms with Gasteiger partial charge in [-0.3, -0.25) is 0 Å². The summed E-state index contributed by atoms with van der Waals surface area (Å²) in [5.74, 6) is -0.867. The number of hydrogen-bond acceptors (Lipinski definition) is 5. The molecule has 158 valence electrons. The summed E-state index contributed by atoms with van der Waals surface area (Å²) in [6.45, 7) is 3.46. The molecule has 2 unspecified atom stereocenters. The maximum absolute atomic E-state index is 12.6. The van der Waals surface area contributed by atoms with Gasteiger partial charge in [0.15, 0.2) is 5.75 Å². The molecule has 0 bridgehead atoms. The first-order valence-corrected chi connectivity index (χ1v) is 10.3. The minimum absolute atomic E-state index is 0.271. The van der Waals surface area contributed by atoms with Crippen LogP contribution in [0.15, 0.2) is 30.7 Å². The van der Waals surface area contributed by atoms with E-state index in [0.29, 0.717) is 24.8 Å². The van der Waals surface area contributed by atoms with Gasteiger partial charge in [0.2, 0.25) is 0 Å². The lowest BCUT2D eigenvalue weighted by molar-refractivity contribution is -0.0577. The summed E-state index contributed by atoms with van der Waals surface area (Å²) in [5.41, 5.74) is -3.68. The lowest BCUT2D eigenvalue weighted by Crippen LogP contribution is -2.34. The van der Waals surface area contributed by atoms with Crippen molar-refractivity contribution < 1.29 is 35.6 Å². The summed E-state index contributed by atoms with van der Waals surface area (Å²) in [7, 11) is -5.49. The topological polar surface area (TPSA) is 90.6 Å². The van der Waals surface area contributed by atoms with E-state index in [1.165, 1.54) is 30.7 Å². The molecule has 11 heteroatoms. The molecule has 1 N–H and O–H groups in total. The summed E-state index contributed by atoms with van der Waals surface area (Å²) >= 11 is 0. The van der Waals surface area contributed by atoms with E-state index in [4.69, 9.17) is 9.29 Å². The van der Waals surface area contributed by atoms with E-state index in [0.717, 1.165) is 5.56 Å². The number of fused-ring (bicyclic) bond motifs is 1. The van der Waals surface area contributed by atoms with Crippen LogP contribution >= 0.6 is 0 Å². The van der Waals surface area contributed by atoms with Crippen molar-refractivity contribution in [1.29, 1.82) is 0 Å². The number of carbonyl (C=O) groups is 1. The van der Waals surface area contributed by atoms with Gasteiger partial charge in [0, 0.05) is 0 Å². The Balaban J connectivity index is 1.91. The molecule has 0 spiro atoms. The van der Waals surface area contributed by atoms with Crippen LogP contribution in [-0.4, -0.2) is 31.7 Å². The van der Waals surface area contributed by atoms with Gasteiger partial charge in [0.25, 0.3) is 0 Å². The van der Waals surface area contributed by atoms with Crippen LogP contribution in [0.4, 0.5) is 13.2 Å². The molecule has 3 rings (SSSR count). The largest absolute Gasteiger partial charge is 0.650 e. The third kappa shape index (κ3) is 4.45. The molecule has 1 aromatic heterocycles. The normalized spacial score (nSPS) is 18.8. The molecule has 29 heavy (non-hydrogen) atoms. The first-order chi connectivity index (χ1) is 13.5. The number of nitrogens with zero attached hydrogens (tertiary/aromatic N) is 2. The van der Waals surface area contributed by atoms with E-state index in [1.54, 1.807) is 18.4 Å². The Morgan fingerprint density at radius 3 is 2.76 bits per heavy atom. The van der Waals surface area contributed by atoms with Gasteiger partial charge in [-0.15, -0.1) is 17.7 Å². The number of aryl methyl sites for hydroxylation is 1. The predicted molar refractivity (Wildman–Crippen MR) is 97.7 cm³/mol. The number of hydrogen-bond donors (Lipinski definition) is 1. The lowest BCUT2D eigenvalue weighted by atomic mass is 9.87. The Morgan fingerprint density at radius 2 is 2.10 bits per heavy atom. The molecule has 0 saturated carbocycles. The van der Waals surface area contributed by atoms with E-state index < -0.39 is 22.0 Å². The standard InChI is InChI=1S/C18H19F3N2O5S/c1-11(2)27-17(24)16-9-22-10-23(16)15-5-3-4-12-8-13(6-7-14(12)15)28-29(25,26)18(19,20)21/h6-11,15H,3-5H2,1-2H3/p+1. The number of benzene rings is 1. The van der Waals surface area contributed by atoms with E-state index >= 15 is 0 Å². The highest BCUT2D eigenvalue weighted by Gasteiger charge is 2.63. The summed E-state index contributed by atoms with van der Waals surface area (Å²) in [6.07, 6.45) is 4.55. The van der Waals surface area contributed by atoms with Crippen LogP contribution in [0.25, 0.3) is 0 Å². The molecule has 2 atom stereocenters. The zero-order chi connectivity index (χ0) is 21.4. The highest BCUT2D eigenvalue weighted by Crippen LogP contribution is 2.37. The Kier molecular flexibility index (Phi) is 5.72. The fraction of sp³-hybridized carbons (Fsp3) is 0.444. The second-order valence-electron chi connectivity index (χ2n) is 6.91. The number of ether oxygens (including phenoxy) is 1. The highest BCUT2D eigenvalue weighted by atomic mass is 32.3. The van der Waals surface area contributed by atoms with Gasteiger partial charge in [-0.1, -0.05) is 6.07 Å². The van der Waals surface area contributed by atoms with E-state index in [-0.39, 0.29) is 23.6 Å². The van der Waals surface area contributed by atoms with Gasteiger partial charge in [-0.05, 0) is 60.6 Å². The van der Waals surface area contributed by atoms with Crippen LogP contribution in [0.2, 0.25) is 0 Å². The quantitative estimate of drug-likeness (QED) is 0.563. The van der Waals surface area contributed by atoms with Gasteiger partial charge < -0.3 is 9.30 Å². The van der Waals surface area contributed by atoms with Crippen molar-refractivity contribution in [2.24, 2.45) is 0 Å². The van der Waals surface area contributed by atoms with Crippen molar-refractivity contribution in [3.8, 4) is 5.75 Å². The zero-order valence-corrected chi connectivity index (χ0v) is 16.5. The van der Waals surface area contributed by atoms with Crippen LogP contribution < -0.4 is 4.18 Å². The third-order valence-corrected chi connectivity index (χ3v) is 5.46. The molecule has 0 saturated heterocycles. The monoisotopic (exact) mass is 433 g/mol. The zero-order valence-electron chi connectivity index (χ0n) is 15.7. The van der Waals surface area contributed by atoms with Crippen LogP contribution in [0, 0.1) is 0 Å². The Bertz CT molecular complexity index is 957. The smallest absolute Gasteiger partial charge is 0.458 e. The van der Waals surface area contributed by atoms with Crippen molar-refractivity contribution in [2.45, 2.75) is 50.8 Å². The number of alkyl halides is 3. The Hall–Kier alpha value is -2.40. The lowest BCUT2D eigenvalue weighted by Gasteiger charge is -2.28. The maximum Gasteiger partial charge on any atom is 0.650 e. The summed E-state index contributed by atoms with van der Waals surface area (Å²) in [5, 5.41) is 0. The molecule has 1 aliphatic carbocycles. The van der Waals surface area contributed by atoms with Gasteiger partial charge in [0.1, 0.15) is 5.69 Å². The predicted octanol–water partition coefficient (Wildman–Crippen LogP) is 4.16. The van der Waals surface area contributed by atoms with Crippen molar-refractivity contribution >= 4 is 16.5 Å². The number of halogens is 3. The third-order valence-electron chi connectivity index (χ3n) is 4.45. The first-order valence-electron chi connectivity index (χ1n) is 8.87. The number of carbonyl (C=O) groups excluding carboxylic acids is 1. The minimum Gasteiger partial charge on any atom is -0.458 e. The summed E-state index contributed by atoms with van der Waals surface area (Å²) in [4.78, 5) is 16.4. The van der Waals surface area contributed by atoms with Crippen LogP contribution in [-0.2, 0) is 25.9 Å².